The molecule has 4 aliphatic rings. The first-order valence-electron chi connectivity index (χ1n) is 15.2. The molecule has 9 heteroatoms. The van der Waals surface area contributed by atoms with Crippen LogP contribution in [-0.4, -0.2) is 82.2 Å². The Morgan fingerprint density at radius 1 is 0.930 bits per heavy atom. The number of anilines is 1. The van der Waals surface area contributed by atoms with Crippen LogP contribution in [0.25, 0.3) is 0 Å². The Morgan fingerprint density at radius 3 is 2.35 bits per heavy atom. The van der Waals surface area contributed by atoms with Gasteiger partial charge in [0.05, 0.1) is 40.8 Å². The van der Waals surface area contributed by atoms with Crippen molar-refractivity contribution in [1.29, 1.82) is 0 Å². The summed E-state index contributed by atoms with van der Waals surface area (Å²) in [4.78, 5) is 48.9. The molecule has 8 nitrogen and oxygen atoms in total. The zero-order chi connectivity index (χ0) is 30.4. The first-order chi connectivity index (χ1) is 20.8. The third-order valence-electron chi connectivity index (χ3n) is 9.52. The van der Waals surface area contributed by atoms with Gasteiger partial charge >= 0.3 is 0 Å². The largest absolute Gasteiger partial charge is 0.394 e. The third-order valence-corrected chi connectivity index (χ3v) is 9.84. The number of amides is 3. The molecule has 6 rings (SSSR count). The van der Waals surface area contributed by atoms with Crippen molar-refractivity contribution in [1.82, 2.24) is 9.80 Å². The van der Waals surface area contributed by atoms with Gasteiger partial charge in [-0.2, -0.15) is 0 Å². The van der Waals surface area contributed by atoms with Crippen LogP contribution in [-0.2, 0) is 25.5 Å². The minimum absolute atomic E-state index is 0.138. The van der Waals surface area contributed by atoms with Gasteiger partial charge in [-0.05, 0) is 37.0 Å². The number of likely N-dealkylation sites (tertiary alicyclic amines) is 1. The lowest BCUT2D eigenvalue weighted by atomic mass is 9.73. The summed E-state index contributed by atoms with van der Waals surface area (Å²) in [6.07, 6.45) is 9.16. The third kappa shape index (κ3) is 4.62. The second-order valence-electron chi connectivity index (χ2n) is 11.9. The quantitative estimate of drug-likeness (QED) is 0.461. The van der Waals surface area contributed by atoms with Crippen molar-refractivity contribution in [3.8, 4) is 0 Å². The van der Waals surface area contributed by atoms with E-state index in [1.54, 1.807) is 28.0 Å². The van der Waals surface area contributed by atoms with E-state index in [1.165, 1.54) is 4.90 Å². The Bertz CT molecular complexity index is 1460. The first kappa shape index (κ1) is 29.6. The van der Waals surface area contributed by atoms with Crippen molar-refractivity contribution in [2.75, 3.05) is 31.1 Å². The van der Waals surface area contributed by atoms with E-state index in [-0.39, 0.29) is 30.9 Å². The van der Waals surface area contributed by atoms with Crippen LogP contribution in [0.5, 0.6) is 0 Å². The van der Waals surface area contributed by atoms with Gasteiger partial charge in [0.15, 0.2) is 0 Å². The summed E-state index contributed by atoms with van der Waals surface area (Å²) in [6.45, 7) is 4.84. The highest BCUT2D eigenvalue weighted by Gasteiger charge is 2.76. The van der Waals surface area contributed by atoms with Crippen LogP contribution in [0.1, 0.15) is 32.3 Å². The van der Waals surface area contributed by atoms with Crippen LogP contribution >= 0.6 is 11.6 Å². The molecule has 1 unspecified atom stereocenters. The number of aliphatic hydroxyl groups is 1. The maximum Gasteiger partial charge on any atom is 0.253 e. The van der Waals surface area contributed by atoms with E-state index in [1.807, 2.05) is 74.5 Å². The summed E-state index contributed by atoms with van der Waals surface area (Å²) < 4.78 is 7.06. The van der Waals surface area contributed by atoms with Crippen molar-refractivity contribution in [2.45, 2.75) is 56.4 Å². The average Bonchev–Trinajstić information content (AvgIpc) is 3.32. The predicted octanol–water partition coefficient (Wildman–Crippen LogP) is 4.02. The number of rotatable bonds is 8. The van der Waals surface area contributed by atoms with Gasteiger partial charge in [0, 0.05) is 19.6 Å². The molecule has 1 N–H and O–H groups in total. The normalized spacial score (nSPS) is 30.7. The lowest BCUT2D eigenvalue weighted by molar-refractivity contribution is -0.152. The molecule has 43 heavy (non-hydrogen) atoms. The molecule has 6 atom stereocenters. The van der Waals surface area contributed by atoms with Gasteiger partial charge in [-0.25, -0.2) is 0 Å². The minimum atomic E-state index is -1.41. The number of hydrogen-bond acceptors (Lipinski definition) is 5. The van der Waals surface area contributed by atoms with Crippen LogP contribution < -0.4 is 4.90 Å². The van der Waals surface area contributed by atoms with Crippen LogP contribution in [0.15, 0.2) is 78.9 Å². The van der Waals surface area contributed by atoms with Gasteiger partial charge in [0.25, 0.3) is 5.91 Å². The van der Waals surface area contributed by atoms with Crippen molar-refractivity contribution in [3.05, 3.63) is 89.5 Å². The lowest BCUT2D eigenvalue weighted by Crippen LogP contribution is -2.59. The molecule has 0 radical (unpaired) electrons. The molecule has 0 saturated carbocycles. The number of hydrogen-bond donors (Lipinski definition) is 1. The Kier molecular flexibility index (Phi) is 7.96. The SMILES string of the molecule is CCCN1CC=C[C@]2(CC)O[C@]34C=CCN(c5ccccc5Cl)C(=O)C3N([C@@H](CO)Cc3ccccc3)C(=O)[C@@H]4[C@@H]2C1=O. The molecule has 1 spiro atoms. The monoisotopic (exact) mass is 603 g/mol. The van der Waals surface area contributed by atoms with Crippen molar-refractivity contribution >= 4 is 35.0 Å². The fourth-order valence-electron chi connectivity index (χ4n) is 7.64. The van der Waals surface area contributed by atoms with Gasteiger partial charge in [0.1, 0.15) is 11.6 Å². The molecule has 0 bridgehead atoms. The Morgan fingerprint density at radius 2 is 1.65 bits per heavy atom. The molecule has 0 aliphatic carbocycles. The van der Waals surface area contributed by atoms with Gasteiger partial charge in [-0.3, -0.25) is 14.4 Å². The summed E-state index contributed by atoms with van der Waals surface area (Å²) in [7, 11) is 0. The van der Waals surface area contributed by atoms with Gasteiger partial charge in [-0.1, -0.05) is 92.2 Å². The van der Waals surface area contributed by atoms with E-state index >= 15 is 0 Å². The maximum absolute atomic E-state index is 14.9. The molecule has 3 amide bonds. The van der Waals surface area contributed by atoms with Crippen molar-refractivity contribution in [2.24, 2.45) is 11.8 Å². The maximum atomic E-state index is 14.9. The second kappa shape index (κ2) is 11.6. The van der Waals surface area contributed by atoms with Crippen molar-refractivity contribution in [3.63, 3.8) is 0 Å². The predicted molar refractivity (Wildman–Crippen MR) is 164 cm³/mol. The lowest BCUT2D eigenvalue weighted by Gasteiger charge is -2.41. The number of benzene rings is 2. The molecule has 0 aromatic heterocycles. The Balaban J connectivity index is 1.52. The Hall–Kier alpha value is -3.46. The van der Waals surface area contributed by atoms with E-state index in [0.29, 0.717) is 36.6 Å². The summed E-state index contributed by atoms with van der Waals surface area (Å²) >= 11 is 6.59. The minimum Gasteiger partial charge on any atom is -0.394 e. The topological polar surface area (TPSA) is 90.4 Å². The molecular formula is C34H38ClN3O5. The zero-order valence-corrected chi connectivity index (χ0v) is 25.3. The molecule has 4 aliphatic heterocycles. The zero-order valence-electron chi connectivity index (χ0n) is 24.6. The molecule has 2 aromatic carbocycles. The fraction of sp³-hybridized carbons (Fsp3) is 0.441. The highest BCUT2D eigenvalue weighted by atomic mass is 35.5. The second-order valence-corrected chi connectivity index (χ2v) is 12.3. The Labute approximate surface area is 257 Å². The molecule has 4 heterocycles. The van der Waals surface area contributed by atoms with Crippen LogP contribution in [0.2, 0.25) is 5.02 Å². The number of aliphatic hydroxyl groups excluding tert-OH is 1. The summed E-state index contributed by atoms with van der Waals surface area (Å²) in [5.74, 6) is -2.60. The molecule has 226 valence electrons. The summed E-state index contributed by atoms with van der Waals surface area (Å²) in [5, 5.41) is 11.2. The number of carbonyl (C=O) groups is 3. The molecule has 2 fully saturated rings. The van der Waals surface area contributed by atoms with Crippen LogP contribution in [0, 0.1) is 11.8 Å². The number of fused-ring (bicyclic) bond motifs is 2. The molecular weight excluding hydrogens is 566 g/mol. The highest BCUT2D eigenvalue weighted by Crippen LogP contribution is 2.59. The van der Waals surface area contributed by atoms with Gasteiger partial charge in [-0.15, -0.1) is 0 Å². The number of nitrogens with zero attached hydrogens (tertiary/aromatic N) is 3. The standard InChI is InChI=1S/C34H38ClN3O5/c1-3-18-36-19-10-16-33(4-2)27(30(36)40)28-31(41)38(24(22-39)21-23-12-6-5-7-13-23)29-32(42)37(20-11-17-34(28,29)43-33)26-15-9-8-14-25(26)35/h5-17,24,27-29,39H,3-4,18-22H2,1-2H3/t24-,27-,28+,29?,33+,34+/m1/s1. The van der Waals surface area contributed by atoms with Crippen molar-refractivity contribution < 1.29 is 24.2 Å². The van der Waals surface area contributed by atoms with E-state index in [9.17, 15) is 19.5 Å². The number of carbonyl (C=O) groups excluding carboxylic acids is 3. The first-order valence-corrected chi connectivity index (χ1v) is 15.6. The number of para-hydroxylation sites is 1. The van der Waals surface area contributed by atoms with Crippen LogP contribution in [0.3, 0.4) is 0 Å². The molecule has 2 aromatic rings. The van der Waals surface area contributed by atoms with E-state index < -0.39 is 35.1 Å². The molecule has 2 saturated heterocycles. The average molecular weight is 604 g/mol. The van der Waals surface area contributed by atoms with E-state index in [0.717, 1.165) is 12.0 Å². The summed E-state index contributed by atoms with van der Waals surface area (Å²) in [5.41, 5.74) is -1.02. The highest BCUT2D eigenvalue weighted by molar-refractivity contribution is 6.34. The smallest absolute Gasteiger partial charge is 0.253 e. The van der Waals surface area contributed by atoms with E-state index in [4.69, 9.17) is 16.3 Å². The van der Waals surface area contributed by atoms with Gasteiger partial charge < -0.3 is 24.5 Å². The van der Waals surface area contributed by atoms with Crippen LogP contribution in [0.4, 0.5) is 5.69 Å². The van der Waals surface area contributed by atoms with Gasteiger partial charge in [0.2, 0.25) is 11.8 Å². The summed E-state index contributed by atoms with van der Waals surface area (Å²) in [6, 6.07) is 14.9. The number of halogens is 1. The van der Waals surface area contributed by atoms with E-state index in [2.05, 4.69) is 0 Å². The fourth-order valence-corrected chi connectivity index (χ4v) is 7.88. The number of ether oxygens (including phenoxy) is 1.